The van der Waals surface area contributed by atoms with E-state index < -0.39 is 57.9 Å². The third-order valence-corrected chi connectivity index (χ3v) is 3.68. The first kappa shape index (κ1) is 23.4. The minimum Gasteiger partial charge on any atom is -0.505 e. The molecule has 0 heterocycles. The van der Waals surface area contributed by atoms with Crippen LogP contribution in [0.1, 0.15) is 12.5 Å². The molecular formula is C19H13F5N2O5. The van der Waals surface area contributed by atoms with Gasteiger partial charge in [0.05, 0.1) is 25.0 Å². The molecule has 12 heteroatoms. The minimum absolute atomic E-state index is 0.0279. The maximum atomic E-state index is 14.0. The number of ether oxygens (including phenoxy) is 2. The van der Waals surface area contributed by atoms with Gasteiger partial charge in [-0.2, -0.15) is 5.11 Å². The van der Waals surface area contributed by atoms with Gasteiger partial charge in [0.15, 0.2) is 34.7 Å². The fourth-order valence-electron chi connectivity index (χ4n) is 2.18. The molecule has 2 aromatic rings. The lowest BCUT2D eigenvalue weighted by molar-refractivity contribution is -0.151. The average molecular weight is 444 g/mol. The highest BCUT2D eigenvalue weighted by molar-refractivity contribution is 6.41. The molecule has 1 N–H and O–H groups in total. The Kier molecular flexibility index (Phi) is 7.40. The lowest BCUT2D eigenvalue weighted by Crippen LogP contribution is -2.20. The third-order valence-electron chi connectivity index (χ3n) is 3.68. The fraction of sp³-hybridized carbons (Fsp3) is 0.158. The Morgan fingerprint density at radius 1 is 0.935 bits per heavy atom. The van der Waals surface area contributed by atoms with E-state index >= 15 is 0 Å². The van der Waals surface area contributed by atoms with Gasteiger partial charge in [0.2, 0.25) is 5.82 Å². The van der Waals surface area contributed by atoms with Crippen LogP contribution in [0, 0.1) is 29.1 Å². The molecule has 2 rings (SSSR count). The largest absolute Gasteiger partial charge is 0.505 e. The maximum Gasteiger partial charge on any atom is 0.381 e. The van der Waals surface area contributed by atoms with Gasteiger partial charge in [-0.15, -0.1) is 5.11 Å². The van der Waals surface area contributed by atoms with Gasteiger partial charge in [0.1, 0.15) is 5.75 Å². The van der Waals surface area contributed by atoms with E-state index in [1.165, 1.54) is 38.3 Å². The number of nitrogens with zero attached hydrogens (tertiary/aromatic N) is 2. The lowest BCUT2D eigenvalue weighted by atomic mass is 10.1. The van der Waals surface area contributed by atoms with Gasteiger partial charge in [-0.3, -0.25) is 4.79 Å². The molecule has 0 saturated heterocycles. The summed E-state index contributed by atoms with van der Waals surface area (Å²) in [4.78, 5) is 24.0. The highest BCUT2D eigenvalue weighted by atomic mass is 19.2. The molecule has 0 radical (unpaired) electrons. The summed E-state index contributed by atoms with van der Waals surface area (Å²) in [5.74, 6) is -16.9. The van der Waals surface area contributed by atoms with Crippen LogP contribution in [-0.4, -0.2) is 30.6 Å². The van der Waals surface area contributed by atoms with Crippen LogP contribution in [0.2, 0.25) is 0 Å². The average Bonchev–Trinajstić information content (AvgIpc) is 2.77. The van der Waals surface area contributed by atoms with Crippen LogP contribution in [0.15, 0.2) is 40.2 Å². The number of benzene rings is 2. The van der Waals surface area contributed by atoms with Crippen molar-refractivity contribution in [3.63, 3.8) is 0 Å². The highest BCUT2D eigenvalue weighted by Crippen LogP contribution is 2.30. The van der Waals surface area contributed by atoms with Crippen molar-refractivity contribution in [2.75, 3.05) is 13.7 Å². The first-order valence-electron chi connectivity index (χ1n) is 8.36. The molecule has 0 aliphatic carbocycles. The predicted molar refractivity (Wildman–Crippen MR) is 94.9 cm³/mol. The number of ketones is 1. The Bertz CT molecular complexity index is 1060. The molecular weight excluding hydrogens is 431 g/mol. The molecule has 0 amide bonds. The van der Waals surface area contributed by atoms with Gasteiger partial charge in [-0.1, -0.05) is 0 Å². The van der Waals surface area contributed by atoms with E-state index in [1.807, 2.05) is 0 Å². The second-order valence-electron chi connectivity index (χ2n) is 5.59. The summed E-state index contributed by atoms with van der Waals surface area (Å²) in [7, 11) is 1.39. The van der Waals surface area contributed by atoms with Crippen LogP contribution >= 0.6 is 0 Å². The van der Waals surface area contributed by atoms with Crippen LogP contribution in [0.3, 0.4) is 0 Å². The van der Waals surface area contributed by atoms with Crippen LogP contribution in [0.4, 0.5) is 27.6 Å². The van der Waals surface area contributed by atoms with Crippen molar-refractivity contribution in [2.24, 2.45) is 10.2 Å². The maximum absolute atomic E-state index is 14.0. The molecule has 2 aromatic carbocycles. The molecule has 0 unspecified atom stereocenters. The standard InChI is InChI=1S/C19H13F5N2O5/c1-3-31-19(29)18(28)16(26-25-8-4-6-9(30-2)7-5-8)17(27)10-11(20)13(22)15(24)14(23)12(10)21/h4-7,27H,3H2,1-2H3/b17-16+,26-25?. The number of rotatable bonds is 7. The second-order valence-corrected chi connectivity index (χ2v) is 5.59. The van der Waals surface area contributed by atoms with Crippen molar-refractivity contribution in [1.82, 2.24) is 0 Å². The predicted octanol–water partition coefficient (Wildman–Crippen LogP) is 4.53. The molecule has 7 nitrogen and oxygen atoms in total. The first-order valence-corrected chi connectivity index (χ1v) is 8.36. The van der Waals surface area contributed by atoms with Crippen molar-refractivity contribution in [1.29, 1.82) is 0 Å². The van der Waals surface area contributed by atoms with Crippen molar-refractivity contribution >= 4 is 23.2 Å². The molecule has 0 aliphatic rings. The Hall–Kier alpha value is -3.83. The Morgan fingerprint density at radius 3 is 1.94 bits per heavy atom. The highest BCUT2D eigenvalue weighted by Gasteiger charge is 2.33. The van der Waals surface area contributed by atoms with Gasteiger partial charge >= 0.3 is 5.97 Å². The topological polar surface area (TPSA) is 97.6 Å². The molecule has 0 bridgehead atoms. The van der Waals surface area contributed by atoms with Crippen LogP contribution in [0.25, 0.3) is 5.76 Å². The van der Waals surface area contributed by atoms with E-state index in [9.17, 15) is 36.6 Å². The summed E-state index contributed by atoms with van der Waals surface area (Å²) in [5, 5.41) is 17.0. The normalized spacial score (nSPS) is 12.0. The van der Waals surface area contributed by atoms with Crippen LogP contribution in [0.5, 0.6) is 5.75 Å². The first-order chi connectivity index (χ1) is 14.6. The number of aliphatic hydroxyl groups excluding tert-OH is 1. The molecule has 0 fully saturated rings. The summed E-state index contributed by atoms with van der Waals surface area (Å²) in [6.45, 7) is 1.04. The number of carbonyl (C=O) groups is 2. The van der Waals surface area contributed by atoms with E-state index in [2.05, 4.69) is 15.0 Å². The quantitative estimate of drug-likeness (QED) is 0.0989. The molecule has 0 aromatic heterocycles. The number of esters is 1. The summed E-state index contributed by atoms with van der Waals surface area (Å²) in [5.41, 5.74) is -3.24. The Morgan fingerprint density at radius 2 is 1.45 bits per heavy atom. The molecule has 164 valence electrons. The number of hydrogen-bond acceptors (Lipinski definition) is 7. The van der Waals surface area contributed by atoms with Gasteiger partial charge in [-0.05, 0) is 31.2 Å². The molecule has 0 atom stereocenters. The van der Waals surface area contributed by atoms with E-state index in [1.54, 1.807) is 0 Å². The summed E-state index contributed by atoms with van der Waals surface area (Å²) in [6, 6.07) is 5.50. The molecule has 31 heavy (non-hydrogen) atoms. The van der Waals surface area contributed by atoms with Crippen molar-refractivity contribution in [3.8, 4) is 5.75 Å². The fourth-order valence-corrected chi connectivity index (χ4v) is 2.18. The molecule has 0 saturated carbocycles. The zero-order chi connectivity index (χ0) is 23.3. The smallest absolute Gasteiger partial charge is 0.381 e. The van der Waals surface area contributed by atoms with Crippen molar-refractivity contribution in [2.45, 2.75) is 6.92 Å². The lowest BCUT2D eigenvalue weighted by Gasteiger charge is -2.09. The summed E-state index contributed by atoms with van der Waals surface area (Å²) in [6.07, 6.45) is 0. The zero-order valence-electron chi connectivity index (χ0n) is 15.9. The van der Waals surface area contributed by atoms with E-state index in [0.29, 0.717) is 5.75 Å². The molecule has 0 spiro atoms. The number of hydrogen-bond donors (Lipinski definition) is 1. The van der Waals surface area contributed by atoms with Crippen molar-refractivity contribution in [3.05, 3.63) is 64.6 Å². The van der Waals surface area contributed by atoms with E-state index in [4.69, 9.17) is 4.74 Å². The van der Waals surface area contributed by atoms with Gasteiger partial charge < -0.3 is 14.6 Å². The summed E-state index contributed by atoms with van der Waals surface area (Å²) < 4.78 is 77.7. The SMILES string of the molecule is CCOC(=O)C(=O)/C(N=Nc1ccc(OC)cc1)=C(\O)c1c(F)c(F)c(F)c(F)c1F. The van der Waals surface area contributed by atoms with E-state index in [0.717, 1.165) is 0 Å². The number of halogens is 5. The molecule has 0 aliphatic heterocycles. The number of aliphatic hydroxyl groups is 1. The van der Waals surface area contributed by atoms with Gasteiger partial charge in [0.25, 0.3) is 5.78 Å². The number of methoxy groups -OCH3 is 1. The summed E-state index contributed by atoms with van der Waals surface area (Å²) >= 11 is 0. The van der Waals surface area contributed by atoms with Gasteiger partial charge in [-0.25, -0.2) is 26.7 Å². The number of azo groups is 1. The van der Waals surface area contributed by atoms with E-state index in [-0.39, 0.29) is 12.3 Å². The van der Waals surface area contributed by atoms with Crippen LogP contribution < -0.4 is 4.74 Å². The second kappa shape index (κ2) is 9.78. The Labute approximate surface area is 171 Å². The minimum atomic E-state index is -2.48. The van der Waals surface area contributed by atoms with Gasteiger partial charge in [0, 0.05) is 0 Å². The Balaban J connectivity index is 2.69. The monoisotopic (exact) mass is 444 g/mol. The van der Waals surface area contributed by atoms with Crippen molar-refractivity contribution < 1.29 is 46.1 Å². The third kappa shape index (κ3) is 4.85. The number of Topliss-reactive ketones (excluding diaryl/α,β-unsaturated/α-hetero) is 1. The number of carbonyl (C=O) groups excluding carboxylic acids is 2. The zero-order valence-corrected chi connectivity index (χ0v) is 15.9. The van der Waals surface area contributed by atoms with Crippen LogP contribution in [-0.2, 0) is 14.3 Å².